The predicted molar refractivity (Wildman–Crippen MR) is 70.2 cm³/mol. The summed E-state index contributed by atoms with van der Waals surface area (Å²) < 4.78 is 24.5. The highest BCUT2D eigenvalue weighted by Crippen LogP contribution is 2.18. The lowest BCUT2D eigenvalue weighted by molar-refractivity contribution is 0.476. The second-order valence-corrected chi connectivity index (χ2v) is 7.12. The van der Waals surface area contributed by atoms with E-state index in [2.05, 4.69) is 5.10 Å². The fourth-order valence-electron chi connectivity index (χ4n) is 1.72. The molecule has 0 bridgehead atoms. The molecule has 2 heterocycles. The molecule has 92 valence electrons. The van der Waals surface area contributed by atoms with Crippen LogP contribution in [0, 0.1) is 6.92 Å². The standard InChI is InChI=1S/C9H13BN2O3S2/c1-3-4-17(14,15)12-10(13)8-5-7(2)16-9(8)6-11-12/h5-6,13H,3-4H2,1-2H3. The largest absolute Gasteiger partial charge is 0.484 e. The predicted octanol–water partition coefficient (Wildman–Crippen LogP) is 0.133. The zero-order valence-corrected chi connectivity index (χ0v) is 11.3. The average molecular weight is 272 g/mol. The number of hydrogen-bond acceptors (Lipinski definition) is 5. The Morgan fingerprint density at radius 1 is 1.59 bits per heavy atom. The molecule has 0 amide bonds. The van der Waals surface area contributed by atoms with Gasteiger partial charge in [0.25, 0.3) is 0 Å². The Balaban J connectivity index is 2.37. The minimum atomic E-state index is -3.53. The van der Waals surface area contributed by atoms with Gasteiger partial charge in [-0.25, -0.2) is 12.7 Å². The van der Waals surface area contributed by atoms with Crippen LogP contribution in [0.3, 0.4) is 0 Å². The quantitative estimate of drug-likeness (QED) is 0.795. The highest BCUT2D eigenvalue weighted by Gasteiger charge is 2.37. The fourth-order valence-corrected chi connectivity index (χ4v) is 3.95. The lowest BCUT2D eigenvalue weighted by atomic mass is 9.74. The van der Waals surface area contributed by atoms with Crippen LogP contribution in [0.5, 0.6) is 0 Å². The van der Waals surface area contributed by atoms with Crippen molar-refractivity contribution < 1.29 is 13.4 Å². The molecule has 0 aromatic carbocycles. The number of hydrazone groups is 1. The van der Waals surface area contributed by atoms with Gasteiger partial charge in [0.15, 0.2) is 0 Å². The maximum absolute atomic E-state index is 11.9. The second kappa shape index (κ2) is 4.43. The van der Waals surface area contributed by atoms with Gasteiger partial charge in [-0.15, -0.1) is 11.3 Å². The van der Waals surface area contributed by atoms with E-state index in [1.54, 1.807) is 13.0 Å². The molecule has 0 unspecified atom stereocenters. The Kier molecular flexibility index (Phi) is 3.29. The van der Waals surface area contributed by atoms with Crippen LogP contribution in [0.1, 0.15) is 23.1 Å². The van der Waals surface area contributed by atoms with E-state index in [-0.39, 0.29) is 5.75 Å². The van der Waals surface area contributed by atoms with Gasteiger partial charge in [-0.3, -0.25) is 0 Å². The van der Waals surface area contributed by atoms with Gasteiger partial charge < -0.3 is 5.02 Å². The minimum Gasteiger partial charge on any atom is -0.427 e. The molecule has 0 fully saturated rings. The molecule has 0 spiro atoms. The van der Waals surface area contributed by atoms with Gasteiger partial charge in [-0.1, -0.05) is 6.92 Å². The first kappa shape index (κ1) is 12.6. The van der Waals surface area contributed by atoms with E-state index in [1.165, 1.54) is 17.6 Å². The van der Waals surface area contributed by atoms with Gasteiger partial charge in [0.2, 0.25) is 10.0 Å². The number of fused-ring (bicyclic) bond motifs is 1. The summed E-state index contributed by atoms with van der Waals surface area (Å²) in [6.07, 6.45) is 1.99. The number of aryl methyl sites for hydroxylation is 1. The highest BCUT2D eigenvalue weighted by atomic mass is 32.2. The van der Waals surface area contributed by atoms with E-state index in [9.17, 15) is 13.4 Å². The first-order valence-corrected chi connectivity index (χ1v) is 7.72. The lowest BCUT2D eigenvalue weighted by Gasteiger charge is -2.24. The summed E-state index contributed by atoms with van der Waals surface area (Å²) in [5, 5.41) is 13.9. The maximum atomic E-state index is 11.9. The summed E-state index contributed by atoms with van der Waals surface area (Å²) >= 11 is 1.49. The number of rotatable bonds is 3. The van der Waals surface area contributed by atoms with Crippen molar-refractivity contribution in [2.75, 3.05) is 5.75 Å². The molecule has 1 N–H and O–H groups in total. The summed E-state index contributed by atoms with van der Waals surface area (Å²) in [5.74, 6) is -0.0140. The monoisotopic (exact) mass is 272 g/mol. The highest BCUT2D eigenvalue weighted by molar-refractivity contribution is 7.90. The van der Waals surface area contributed by atoms with Gasteiger partial charge in [0.1, 0.15) is 0 Å². The summed E-state index contributed by atoms with van der Waals surface area (Å²) in [7, 11) is -4.72. The molecular formula is C9H13BN2O3S2. The zero-order chi connectivity index (χ0) is 12.6. The molecule has 2 rings (SSSR count). The third kappa shape index (κ3) is 2.24. The van der Waals surface area contributed by atoms with Crippen LogP contribution in [0.4, 0.5) is 0 Å². The molecule has 1 aliphatic heterocycles. The van der Waals surface area contributed by atoms with Crippen LogP contribution in [0.2, 0.25) is 0 Å². The third-order valence-electron chi connectivity index (χ3n) is 2.44. The van der Waals surface area contributed by atoms with Crippen LogP contribution in [0.25, 0.3) is 0 Å². The van der Waals surface area contributed by atoms with Gasteiger partial charge >= 0.3 is 7.05 Å². The van der Waals surface area contributed by atoms with Crippen molar-refractivity contribution in [2.45, 2.75) is 20.3 Å². The Hall–Kier alpha value is -0.855. The topological polar surface area (TPSA) is 70.0 Å². The van der Waals surface area contributed by atoms with E-state index in [4.69, 9.17) is 0 Å². The SMILES string of the molecule is CCCS(=O)(=O)N1N=Cc2sc(C)cc2B1O. The summed E-state index contributed by atoms with van der Waals surface area (Å²) in [4.78, 5) is 1.84. The molecule has 8 heteroatoms. The maximum Gasteiger partial charge on any atom is 0.484 e. The normalized spacial score (nSPS) is 15.2. The Morgan fingerprint density at radius 3 is 2.94 bits per heavy atom. The van der Waals surface area contributed by atoms with Crippen LogP contribution in [0.15, 0.2) is 11.2 Å². The summed E-state index contributed by atoms with van der Waals surface area (Å²) in [6, 6.07) is 1.80. The number of thiophene rings is 1. The van der Waals surface area contributed by atoms with Gasteiger partial charge in [0, 0.05) is 9.75 Å². The lowest BCUT2D eigenvalue weighted by Crippen LogP contribution is -2.52. The third-order valence-corrected chi connectivity index (χ3v) is 5.23. The average Bonchev–Trinajstić information content (AvgIpc) is 2.59. The van der Waals surface area contributed by atoms with Gasteiger partial charge in [-0.05, 0) is 24.9 Å². The van der Waals surface area contributed by atoms with Crippen molar-refractivity contribution in [3.8, 4) is 0 Å². The van der Waals surface area contributed by atoms with Crippen LogP contribution >= 0.6 is 11.3 Å². The fraction of sp³-hybridized carbons (Fsp3) is 0.444. The Morgan fingerprint density at radius 2 is 2.29 bits per heavy atom. The zero-order valence-electron chi connectivity index (χ0n) is 9.62. The van der Waals surface area contributed by atoms with Crippen LogP contribution in [-0.4, -0.2) is 36.8 Å². The summed E-state index contributed by atoms with van der Waals surface area (Å²) in [5.41, 5.74) is 0.613. The van der Waals surface area contributed by atoms with E-state index in [0.29, 0.717) is 11.9 Å². The van der Waals surface area contributed by atoms with Crippen molar-refractivity contribution in [2.24, 2.45) is 5.10 Å². The van der Waals surface area contributed by atoms with Crippen molar-refractivity contribution >= 4 is 40.1 Å². The first-order valence-electron chi connectivity index (χ1n) is 5.30. The second-order valence-electron chi connectivity index (χ2n) is 3.88. The molecule has 1 aliphatic rings. The van der Waals surface area contributed by atoms with Gasteiger partial charge in [-0.2, -0.15) is 5.10 Å². The smallest absolute Gasteiger partial charge is 0.427 e. The van der Waals surface area contributed by atoms with Crippen LogP contribution < -0.4 is 5.46 Å². The Labute approximate surface area is 105 Å². The van der Waals surface area contributed by atoms with Crippen molar-refractivity contribution in [1.29, 1.82) is 0 Å². The molecule has 0 saturated heterocycles. The Bertz CT molecular complexity index is 553. The van der Waals surface area contributed by atoms with Crippen molar-refractivity contribution in [3.63, 3.8) is 0 Å². The van der Waals surface area contributed by atoms with E-state index in [1.807, 2.05) is 6.92 Å². The van der Waals surface area contributed by atoms with E-state index < -0.39 is 17.1 Å². The number of sulfonamides is 1. The molecule has 5 nitrogen and oxygen atoms in total. The molecule has 0 radical (unpaired) electrons. The van der Waals surface area contributed by atoms with E-state index in [0.717, 1.165) is 14.1 Å². The van der Waals surface area contributed by atoms with Crippen LogP contribution in [-0.2, 0) is 10.0 Å². The minimum absolute atomic E-state index is 0.0140. The molecule has 17 heavy (non-hydrogen) atoms. The van der Waals surface area contributed by atoms with Crippen molar-refractivity contribution in [1.82, 2.24) is 4.33 Å². The number of nitrogens with zero attached hydrogens (tertiary/aromatic N) is 2. The molecular weight excluding hydrogens is 259 g/mol. The number of hydrogen-bond donors (Lipinski definition) is 1. The van der Waals surface area contributed by atoms with Gasteiger partial charge in [0.05, 0.1) is 12.0 Å². The van der Waals surface area contributed by atoms with Crippen molar-refractivity contribution in [3.05, 3.63) is 15.8 Å². The molecule has 0 atom stereocenters. The molecule has 1 aromatic rings. The van der Waals surface area contributed by atoms with E-state index >= 15 is 0 Å². The molecule has 1 aromatic heterocycles. The summed E-state index contributed by atoms with van der Waals surface area (Å²) in [6.45, 7) is 3.69. The molecule has 0 aliphatic carbocycles. The first-order chi connectivity index (χ1) is 7.95. The molecule has 0 saturated carbocycles.